The van der Waals surface area contributed by atoms with E-state index in [1.54, 1.807) is 0 Å². The largest absolute Gasteiger partial charge is 0.389 e. The number of hydrogen-bond acceptors (Lipinski definition) is 2. The molecule has 0 aliphatic heterocycles. The average molecular weight is 261 g/mol. The zero-order valence-corrected chi connectivity index (χ0v) is 12.3. The molecule has 2 rings (SSSR count). The van der Waals surface area contributed by atoms with E-state index in [1.165, 1.54) is 24.0 Å². The summed E-state index contributed by atoms with van der Waals surface area (Å²) in [6, 6.07) is 8.89. The Kier molecular flexibility index (Phi) is 5.00. The number of hydrogen-bond donors (Lipinski definition) is 2. The van der Waals surface area contributed by atoms with Crippen molar-refractivity contribution in [1.29, 1.82) is 0 Å². The van der Waals surface area contributed by atoms with Gasteiger partial charge in [0.15, 0.2) is 0 Å². The summed E-state index contributed by atoms with van der Waals surface area (Å²) in [7, 11) is 0. The molecule has 1 aromatic rings. The Morgan fingerprint density at radius 2 is 1.89 bits per heavy atom. The minimum Gasteiger partial charge on any atom is -0.389 e. The fourth-order valence-electron chi connectivity index (χ4n) is 2.96. The lowest BCUT2D eigenvalue weighted by Gasteiger charge is -2.29. The molecule has 0 unspecified atom stereocenters. The first-order valence-corrected chi connectivity index (χ1v) is 7.61. The maximum atomic E-state index is 10.6. The first-order chi connectivity index (χ1) is 9.09. The second-order valence-corrected chi connectivity index (χ2v) is 6.16. The Morgan fingerprint density at radius 1 is 1.21 bits per heavy atom. The fraction of sp³-hybridized carbons (Fsp3) is 0.647. The molecule has 0 spiro atoms. The summed E-state index contributed by atoms with van der Waals surface area (Å²) in [5.41, 5.74) is 2.10. The highest BCUT2D eigenvalue weighted by Gasteiger charge is 2.28. The molecule has 0 amide bonds. The van der Waals surface area contributed by atoms with Crippen LogP contribution in [-0.4, -0.2) is 17.3 Å². The number of benzene rings is 1. The molecule has 0 aromatic heterocycles. The van der Waals surface area contributed by atoms with Gasteiger partial charge in [0.05, 0.1) is 5.60 Å². The van der Waals surface area contributed by atoms with Gasteiger partial charge >= 0.3 is 0 Å². The molecule has 1 atom stereocenters. The zero-order valence-electron chi connectivity index (χ0n) is 12.3. The van der Waals surface area contributed by atoms with Crippen molar-refractivity contribution in [1.82, 2.24) is 5.32 Å². The maximum absolute atomic E-state index is 10.6. The molecule has 19 heavy (non-hydrogen) atoms. The van der Waals surface area contributed by atoms with E-state index in [1.807, 2.05) is 0 Å². The fourth-order valence-corrected chi connectivity index (χ4v) is 2.96. The average Bonchev–Trinajstić information content (AvgIpc) is 2.61. The van der Waals surface area contributed by atoms with E-state index < -0.39 is 5.60 Å². The third kappa shape index (κ3) is 4.32. The molecule has 2 heteroatoms. The molecule has 2 N–H and O–H groups in total. The van der Waals surface area contributed by atoms with Gasteiger partial charge in [0.1, 0.15) is 0 Å². The summed E-state index contributed by atoms with van der Waals surface area (Å²) in [5, 5.41) is 14.2. The molecule has 106 valence electrons. The summed E-state index contributed by atoms with van der Waals surface area (Å²) in [6.45, 7) is 5.01. The van der Waals surface area contributed by atoms with Crippen LogP contribution in [0.2, 0.25) is 0 Å². The normalized spacial score (nSPS) is 20.8. The third-order valence-corrected chi connectivity index (χ3v) is 4.31. The molecule has 1 aliphatic carbocycles. The van der Waals surface area contributed by atoms with Crippen LogP contribution in [-0.2, 0) is 0 Å². The van der Waals surface area contributed by atoms with Crippen LogP contribution in [0.25, 0.3) is 0 Å². The molecule has 1 fully saturated rings. The van der Waals surface area contributed by atoms with Crippen LogP contribution < -0.4 is 5.32 Å². The lowest BCUT2D eigenvalue weighted by molar-refractivity contribution is 0.0231. The van der Waals surface area contributed by atoms with Gasteiger partial charge in [-0.05, 0) is 32.3 Å². The molecular formula is C17H27NO. The van der Waals surface area contributed by atoms with E-state index in [4.69, 9.17) is 0 Å². The predicted octanol–water partition coefficient (Wildman–Crippen LogP) is 3.73. The molecule has 2 nitrogen and oxygen atoms in total. The SMILES string of the molecule is Cc1cccc([C@H](C)NCC2(O)CCCCCC2)c1. The van der Waals surface area contributed by atoms with Gasteiger partial charge in [-0.3, -0.25) is 0 Å². The van der Waals surface area contributed by atoms with Crippen molar-refractivity contribution in [3.63, 3.8) is 0 Å². The second kappa shape index (κ2) is 6.53. The van der Waals surface area contributed by atoms with E-state index in [9.17, 15) is 5.11 Å². The highest BCUT2D eigenvalue weighted by molar-refractivity contribution is 5.24. The van der Waals surface area contributed by atoms with Gasteiger partial charge in [-0.25, -0.2) is 0 Å². The standard InChI is InChI=1S/C17H27NO/c1-14-8-7-9-16(12-14)15(2)18-13-17(19)10-5-3-4-6-11-17/h7-9,12,15,18-19H,3-6,10-11,13H2,1-2H3/t15-/m0/s1. The second-order valence-electron chi connectivity index (χ2n) is 6.16. The summed E-state index contributed by atoms with van der Waals surface area (Å²) < 4.78 is 0. The third-order valence-electron chi connectivity index (χ3n) is 4.31. The van der Waals surface area contributed by atoms with Crippen molar-refractivity contribution < 1.29 is 5.11 Å². The molecule has 1 aromatic carbocycles. The zero-order chi connectivity index (χ0) is 13.7. The molecule has 1 saturated carbocycles. The summed E-state index contributed by atoms with van der Waals surface area (Å²) in [4.78, 5) is 0. The van der Waals surface area contributed by atoms with Crippen LogP contribution in [0, 0.1) is 6.92 Å². The lowest BCUT2D eigenvalue weighted by Crippen LogP contribution is -2.41. The molecule has 0 bridgehead atoms. The minimum absolute atomic E-state index is 0.298. The maximum Gasteiger partial charge on any atom is 0.0771 e. The van der Waals surface area contributed by atoms with Crippen molar-refractivity contribution in [3.8, 4) is 0 Å². The van der Waals surface area contributed by atoms with Gasteiger partial charge in [0, 0.05) is 12.6 Å². The molecule has 0 radical (unpaired) electrons. The van der Waals surface area contributed by atoms with E-state index in [0.717, 1.165) is 25.7 Å². The molecular weight excluding hydrogens is 234 g/mol. The molecule has 0 heterocycles. The number of nitrogens with one attached hydrogen (secondary N) is 1. The van der Waals surface area contributed by atoms with Gasteiger partial charge in [-0.2, -0.15) is 0 Å². The Hall–Kier alpha value is -0.860. The van der Waals surface area contributed by atoms with Crippen LogP contribution in [0.4, 0.5) is 0 Å². The van der Waals surface area contributed by atoms with Crippen molar-refractivity contribution in [2.24, 2.45) is 0 Å². The van der Waals surface area contributed by atoms with Crippen LogP contribution in [0.5, 0.6) is 0 Å². The van der Waals surface area contributed by atoms with Gasteiger partial charge < -0.3 is 10.4 Å². The van der Waals surface area contributed by atoms with Crippen molar-refractivity contribution in [3.05, 3.63) is 35.4 Å². The van der Waals surface area contributed by atoms with Gasteiger partial charge in [0.25, 0.3) is 0 Å². The van der Waals surface area contributed by atoms with Gasteiger partial charge in [-0.15, -0.1) is 0 Å². The van der Waals surface area contributed by atoms with E-state index in [-0.39, 0.29) is 0 Å². The smallest absolute Gasteiger partial charge is 0.0771 e. The Morgan fingerprint density at radius 3 is 2.53 bits per heavy atom. The van der Waals surface area contributed by atoms with Crippen molar-refractivity contribution in [2.45, 2.75) is 64.0 Å². The first kappa shape index (κ1) is 14.5. The Bertz CT molecular complexity index is 394. The van der Waals surface area contributed by atoms with Crippen LogP contribution in [0.1, 0.15) is 62.6 Å². The Balaban J connectivity index is 1.90. The lowest BCUT2D eigenvalue weighted by atomic mass is 9.94. The van der Waals surface area contributed by atoms with E-state index in [0.29, 0.717) is 12.6 Å². The van der Waals surface area contributed by atoms with Gasteiger partial charge in [0.2, 0.25) is 0 Å². The van der Waals surface area contributed by atoms with E-state index in [2.05, 4.69) is 43.4 Å². The van der Waals surface area contributed by atoms with Gasteiger partial charge in [-0.1, -0.05) is 55.5 Å². The summed E-state index contributed by atoms with van der Waals surface area (Å²) in [6.07, 6.45) is 6.76. The highest BCUT2D eigenvalue weighted by atomic mass is 16.3. The monoisotopic (exact) mass is 261 g/mol. The quantitative estimate of drug-likeness (QED) is 0.809. The number of aliphatic hydroxyl groups is 1. The van der Waals surface area contributed by atoms with Crippen molar-refractivity contribution in [2.75, 3.05) is 6.54 Å². The summed E-state index contributed by atoms with van der Waals surface area (Å²) in [5.74, 6) is 0. The van der Waals surface area contributed by atoms with E-state index >= 15 is 0 Å². The van der Waals surface area contributed by atoms with Crippen LogP contribution in [0.3, 0.4) is 0 Å². The topological polar surface area (TPSA) is 32.3 Å². The number of aryl methyl sites for hydroxylation is 1. The number of rotatable bonds is 4. The Labute approximate surface area is 117 Å². The first-order valence-electron chi connectivity index (χ1n) is 7.61. The summed E-state index contributed by atoms with van der Waals surface area (Å²) >= 11 is 0. The minimum atomic E-state index is -0.491. The molecule has 0 saturated heterocycles. The van der Waals surface area contributed by atoms with Crippen molar-refractivity contribution >= 4 is 0 Å². The molecule has 1 aliphatic rings. The van der Waals surface area contributed by atoms with Crippen LogP contribution >= 0.6 is 0 Å². The highest BCUT2D eigenvalue weighted by Crippen LogP contribution is 2.27. The van der Waals surface area contributed by atoms with Crippen LogP contribution in [0.15, 0.2) is 24.3 Å². The predicted molar refractivity (Wildman–Crippen MR) is 80.2 cm³/mol.